The van der Waals surface area contributed by atoms with E-state index in [-0.39, 0.29) is 11.0 Å². The van der Waals surface area contributed by atoms with Crippen molar-refractivity contribution >= 4 is 0 Å². The fourth-order valence-corrected chi connectivity index (χ4v) is 3.26. The topological polar surface area (TPSA) is 21.3 Å². The summed E-state index contributed by atoms with van der Waals surface area (Å²) in [6.07, 6.45) is 5.05. The first-order valence-corrected chi connectivity index (χ1v) is 6.27. The monoisotopic (exact) mass is 213 g/mol. The summed E-state index contributed by atoms with van der Waals surface area (Å²) >= 11 is 0. The Morgan fingerprint density at radius 2 is 1.80 bits per heavy atom. The van der Waals surface area contributed by atoms with Crippen LogP contribution >= 0.6 is 0 Å². The quantitative estimate of drug-likeness (QED) is 0.775. The average molecular weight is 213 g/mol. The summed E-state index contributed by atoms with van der Waals surface area (Å²) in [6, 6.07) is 0.451. The van der Waals surface area contributed by atoms with E-state index >= 15 is 0 Å². The standard InChI is InChI=1S/C13H27NO/c1-6-15-13(9-7-8-10-13)11(14-5)12(2,3)4/h11,14H,6-10H2,1-5H3. The van der Waals surface area contributed by atoms with Crippen LogP contribution in [0.25, 0.3) is 0 Å². The molecular weight excluding hydrogens is 186 g/mol. The zero-order valence-corrected chi connectivity index (χ0v) is 11.0. The Morgan fingerprint density at radius 3 is 2.13 bits per heavy atom. The van der Waals surface area contributed by atoms with Gasteiger partial charge >= 0.3 is 0 Å². The molecule has 90 valence electrons. The summed E-state index contributed by atoms with van der Waals surface area (Å²) in [6.45, 7) is 9.83. The van der Waals surface area contributed by atoms with E-state index in [1.807, 2.05) is 0 Å². The largest absolute Gasteiger partial charge is 0.374 e. The summed E-state index contributed by atoms with van der Waals surface area (Å²) in [7, 11) is 2.06. The van der Waals surface area contributed by atoms with Gasteiger partial charge in [0.15, 0.2) is 0 Å². The highest BCUT2D eigenvalue weighted by Crippen LogP contribution is 2.42. The Bertz CT molecular complexity index is 189. The Hall–Kier alpha value is -0.0800. The van der Waals surface area contributed by atoms with Gasteiger partial charge in [0.05, 0.1) is 5.60 Å². The van der Waals surface area contributed by atoms with Crippen molar-refractivity contribution in [2.24, 2.45) is 5.41 Å². The van der Waals surface area contributed by atoms with E-state index in [1.54, 1.807) is 0 Å². The van der Waals surface area contributed by atoms with Gasteiger partial charge in [0.25, 0.3) is 0 Å². The highest BCUT2D eigenvalue weighted by Gasteiger charge is 2.46. The Balaban J connectivity index is 2.85. The lowest BCUT2D eigenvalue weighted by atomic mass is 9.75. The minimum atomic E-state index is 0.0851. The van der Waals surface area contributed by atoms with E-state index in [9.17, 15) is 0 Å². The third-order valence-electron chi connectivity index (χ3n) is 3.56. The zero-order valence-electron chi connectivity index (χ0n) is 11.0. The van der Waals surface area contributed by atoms with Gasteiger partial charge in [-0.15, -0.1) is 0 Å². The molecule has 0 aliphatic heterocycles. The molecule has 1 rings (SSSR count). The van der Waals surface area contributed by atoms with Crippen LogP contribution in [-0.4, -0.2) is 25.3 Å². The maximum atomic E-state index is 6.11. The predicted molar refractivity (Wildman–Crippen MR) is 65.1 cm³/mol. The Labute approximate surface area is 94.8 Å². The number of hydrogen-bond donors (Lipinski definition) is 1. The lowest BCUT2D eigenvalue weighted by Gasteiger charge is -2.44. The van der Waals surface area contributed by atoms with Gasteiger partial charge in [-0.1, -0.05) is 33.6 Å². The zero-order chi connectivity index (χ0) is 11.5. The van der Waals surface area contributed by atoms with Crippen LogP contribution in [0, 0.1) is 5.41 Å². The first-order chi connectivity index (χ1) is 6.96. The normalized spacial score (nSPS) is 23.0. The number of rotatable bonds is 4. The molecule has 0 spiro atoms. The fourth-order valence-electron chi connectivity index (χ4n) is 3.26. The van der Waals surface area contributed by atoms with Crippen LogP contribution in [0.4, 0.5) is 0 Å². The molecule has 0 heterocycles. The molecule has 1 N–H and O–H groups in total. The molecule has 1 aliphatic rings. The molecule has 1 atom stereocenters. The van der Waals surface area contributed by atoms with Crippen molar-refractivity contribution < 1.29 is 4.74 Å². The van der Waals surface area contributed by atoms with Gasteiger partial charge in [-0.2, -0.15) is 0 Å². The smallest absolute Gasteiger partial charge is 0.0839 e. The molecule has 1 fully saturated rings. The van der Waals surface area contributed by atoms with Crippen molar-refractivity contribution in [3.8, 4) is 0 Å². The second-order valence-corrected chi connectivity index (χ2v) is 5.79. The summed E-state index contributed by atoms with van der Waals surface area (Å²) in [5.74, 6) is 0. The predicted octanol–water partition coefficient (Wildman–Crippen LogP) is 2.97. The van der Waals surface area contributed by atoms with Crippen molar-refractivity contribution in [2.45, 2.75) is 65.0 Å². The third-order valence-corrected chi connectivity index (χ3v) is 3.56. The lowest BCUT2D eigenvalue weighted by Crippen LogP contribution is -2.56. The molecule has 0 radical (unpaired) electrons. The molecule has 0 aromatic heterocycles. The summed E-state index contributed by atoms with van der Waals surface area (Å²) in [5.41, 5.74) is 0.343. The molecular formula is C13H27NO. The molecule has 1 saturated carbocycles. The second kappa shape index (κ2) is 4.84. The van der Waals surface area contributed by atoms with E-state index in [0.29, 0.717) is 6.04 Å². The van der Waals surface area contributed by atoms with Crippen LogP contribution in [0.3, 0.4) is 0 Å². The van der Waals surface area contributed by atoms with Gasteiger partial charge in [0, 0.05) is 12.6 Å². The molecule has 2 nitrogen and oxygen atoms in total. The first-order valence-electron chi connectivity index (χ1n) is 6.27. The molecule has 1 aliphatic carbocycles. The second-order valence-electron chi connectivity index (χ2n) is 5.79. The molecule has 15 heavy (non-hydrogen) atoms. The Morgan fingerprint density at radius 1 is 1.27 bits per heavy atom. The Kier molecular flexibility index (Phi) is 4.19. The van der Waals surface area contributed by atoms with Crippen molar-refractivity contribution in [3.05, 3.63) is 0 Å². The number of ether oxygens (including phenoxy) is 1. The molecule has 1 unspecified atom stereocenters. The van der Waals surface area contributed by atoms with Gasteiger partial charge in [-0.3, -0.25) is 0 Å². The van der Waals surface area contributed by atoms with Gasteiger partial charge in [0.2, 0.25) is 0 Å². The number of likely N-dealkylation sites (N-methyl/N-ethyl adjacent to an activating group) is 1. The van der Waals surface area contributed by atoms with Crippen molar-refractivity contribution in [3.63, 3.8) is 0 Å². The molecule has 0 saturated heterocycles. The van der Waals surface area contributed by atoms with Crippen LogP contribution in [0.15, 0.2) is 0 Å². The van der Waals surface area contributed by atoms with Crippen molar-refractivity contribution in [2.75, 3.05) is 13.7 Å². The summed E-state index contributed by atoms with van der Waals surface area (Å²) in [4.78, 5) is 0. The van der Waals surface area contributed by atoms with Gasteiger partial charge in [-0.25, -0.2) is 0 Å². The molecule has 0 amide bonds. The van der Waals surface area contributed by atoms with Crippen LogP contribution in [-0.2, 0) is 4.74 Å². The lowest BCUT2D eigenvalue weighted by molar-refractivity contribution is -0.0848. The van der Waals surface area contributed by atoms with Gasteiger partial charge in [0.1, 0.15) is 0 Å². The van der Waals surface area contributed by atoms with E-state index in [4.69, 9.17) is 4.74 Å². The van der Waals surface area contributed by atoms with Crippen molar-refractivity contribution in [1.29, 1.82) is 0 Å². The third kappa shape index (κ3) is 2.73. The van der Waals surface area contributed by atoms with Crippen LogP contribution in [0.5, 0.6) is 0 Å². The van der Waals surface area contributed by atoms with E-state index < -0.39 is 0 Å². The molecule has 0 aromatic rings. The van der Waals surface area contributed by atoms with Gasteiger partial charge < -0.3 is 10.1 Å². The fraction of sp³-hybridized carbons (Fsp3) is 1.00. The van der Waals surface area contributed by atoms with Crippen LogP contribution in [0.2, 0.25) is 0 Å². The van der Waals surface area contributed by atoms with Crippen LogP contribution in [0.1, 0.15) is 53.4 Å². The highest BCUT2D eigenvalue weighted by atomic mass is 16.5. The minimum absolute atomic E-state index is 0.0851. The van der Waals surface area contributed by atoms with Crippen molar-refractivity contribution in [1.82, 2.24) is 5.32 Å². The maximum absolute atomic E-state index is 6.11. The SMILES string of the molecule is CCOC1(C(NC)C(C)(C)C)CCCC1. The highest BCUT2D eigenvalue weighted by molar-refractivity contribution is 5.01. The summed E-state index contributed by atoms with van der Waals surface area (Å²) < 4.78 is 6.11. The molecule has 0 bridgehead atoms. The van der Waals surface area contributed by atoms with Gasteiger partial charge in [-0.05, 0) is 32.2 Å². The first kappa shape index (κ1) is 13.0. The maximum Gasteiger partial charge on any atom is 0.0839 e. The molecule has 0 aromatic carbocycles. The average Bonchev–Trinajstić information content (AvgIpc) is 2.53. The van der Waals surface area contributed by atoms with E-state index in [1.165, 1.54) is 25.7 Å². The van der Waals surface area contributed by atoms with E-state index in [0.717, 1.165) is 6.61 Å². The molecule has 2 heteroatoms. The van der Waals surface area contributed by atoms with E-state index in [2.05, 4.69) is 40.1 Å². The van der Waals surface area contributed by atoms with Crippen LogP contribution < -0.4 is 5.32 Å². The summed E-state index contributed by atoms with van der Waals surface area (Å²) in [5, 5.41) is 3.48. The number of hydrogen-bond acceptors (Lipinski definition) is 2. The number of nitrogens with one attached hydrogen (secondary N) is 1. The minimum Gasteiger partial charge on any atom is -0.374 e.